The summed E-state index contributed by atoms with van der Waals surface area (Å²) in [5.74, 6) is 0.828. The quantitative estimate of drug-likeness (QED) is 0.870. The third-order valence-corrected chi connectivity index (χ3v) is 4.14. The van der Waals surface area contributed by atoms with Crippen molar-refractivity contribution < 1.29 is 14.3 Å². The van der Waals surface area contributed by atoms with E-state index in [0.29, 0.717) is 13.2 Å². The van der Waals surface area contributed by atoms with Crippen LogP contribution >= 0.6 is 0 Å². The highest BCUT2D eigenvalue weighted by Crippen LogP contribution is 2.29. The van der Waals surface area contributed by atoms with Gasteiger partial charge in [0.1, 0.15) is 24.4 Å². The van der Waals surface area contributed by atoms with Crippen LogP contribution < -0.4 is 4.90 Å². The number of nitrogens with zero attached hydrogens (tertiary/aromatic N) is 4. The number of likely N-dealkylation sites (N-methyl/N-ethyl adjacent to an activating group) is 1. The number of aromatic amines is 1. The van der Waals surface area contributed by atoms with Gasteiger partial charge in [0, 0.05) is 33.4 Å². The van der Waals surface area contributed by atoms with Gasteiger partial charge < -0.3 is 24.3 Å². The number of nitrogens with one attached hydrogen (secondary N) is 1. The second kappa shape index (κ2) is 6.97. The lowest BCUT2D eigenvalue weighted by Gasteiger charge is -2.43. The average molecular weight is 347 g/mol. The van der Waals surface area contributed by atoms with Gasteiger partial charge in [0.25, 0.3) is 0 Å². The maximum atomic E-state index is 11.6. The van der Waals surface area contributed by atoms with Crippen molar-refractivity contribution in [3.05, 3.63) is 18.6 Å². The number of carbonyl (C=O) groups excluding carboxylic acids is 1. The molecule has 8 heteroatoms. The van der Waals surface area contributed by atoms with Crippen LogP contribution in [0.15, 0.2) is 18.6 Å². The van der Waals surface area contributed by atoms with Crippen LogP contribution in [0.1, 0.15) is 13.8 Å². The number of rotatable bonds is 5. The van der Waals surface area contributed by atoms with Crippen LogP contribution in [-0.2, 0) is 14.3 Å². The molecule has 1 N–H and O–H groups in total. The molecular weight excluding hydrogens is 322 g/mol. The maximum absolute atomic E-state index is 11.6. The first-order chi connectivity index (χ1) is 11.9. The molecule has 0 saturated carbocycles. The minimum absolute atomic E-state index is 0.0584. The standard InChI is InChI=1S/C17H25N5O3/c1-17(2)10-22(16-13-5-6-18-15(13)19-11-20-16)7-12(25-17)8-24-9-14(23)21(3)4/h5-6,11-12H,7-10H2,1-4H3,(H,18,19,20)/t12-/m0/s1. The molecule has 0 bridgehead atoms. The third kappa shape index (κ3) is 4.08. The molecule has 0 unspecified atom stereocenters. The van der Waals surface area contributed by atoms with Crippen molar-refractivity contribution in [2.24, 2.45) is 0 Å². The SMILES string of the molecule is CN(C)C(=O)COC[C@@H]1CN(c2ncnc3[nH]ccc23)CC(C)(C)O1. The Hall–Kier alpha value is -2.19. The number of hydrogen-bond donors (Lipinski definition) is 1. The molecule has 2 aromatic rings. The molecule has 2 aromatic heterocycles. The summed E-state index contributed by atoms with van der Waals surface area (Å²) in [6.07, 6.45) is 3.29. The highest BCUT2D eigenvalue weighted by molar-refractivity contribution is 5.87. The summed E-state index contributed by atoms with van der Waals surface area (Å²) in [4.78, 5) is 27.2. The van der Waals surface area contributed by atoms with E-state index in [4.69, 9.17) is 9.47 Å². The van der Waals surface area contributed by atoms with E-state index < -0.39 is 0 Å². The van der Waals surface area contributed by atoms with E-state index in [1.165, 1.54) is 4.90 Å². The molecule has 1 aliphatic rings. The smallest absolute Gasteiger partial charge is 0.248 e. The van der Waals surface area contributed by atoms with Gasteiger partial charge in [-0.05, 0) is 19.9 Å². The summed E-state index contributed by atoms with van der Waals surface area (Å²) in [5, 5.41) is 0.989. The summed E-state index contributed by atoms with van der Waals surface area (Å²) >= 11 is 0. The number of carbonyl (C=O) groups is 1. The summed E-state index contributed by atoms with van der Waals surface area (Å²) in [6, 6.07) is 1.98. The topological polar surface area (TPSA) is 83.6 Å². The van der Waals surface area contributed by atoms with Crippen LogP contribution in [0.5, 0.6) is 0 Å². The minimum atomic E-state index is -0.342. The molecule has 1 atom stereocenters. The van der Waals surface area contributed by atoms with Crippen molar-refractivity contribution in [2.75, 3.05) is 45.3 Å². The van der Waals surface area contributed by atoms with Crippen LogP contribution in [-0.4, -0.2) is 77.9 Å². The zero-order valence-corrected chi connectivity index (χ0v) is 15.2. The highest BCUT2D eigenvalue weighted by Gasteiger charge is 2.35. The van der Waals surface area contributed by atoms with E-state index in [1.54, 1.807) is 20.4 Å². The molecule has 0 aromatic carbocycles. The lowest BCUT2D eigenvalue weighted by atomic mass is 10.0. The van der Waals surface area contributed by atoms with E-state index in [2.05, 4.69) is 19.9 Å². The zero-order chi connectivity index (χ0) is 18.0. The minimum Gasteiger partial charge on any atom is -0.369 e. The Kier molecular flexibility index (Phi) is 4.91. The van der Waals surface area contributed by atoms with Gasteiger partial charge >= 0.3 is 0 Å². The first kappa shape index (κ1) is 17.6. The number of fused-ring (bicyclic) bond motifs is 1. The number of aromatic nitrogens is 3. The summed E-state index contributed by atoms with van der Waals surface area (Å²) in [7, 11) is 3.43. The van der Waals surface area contributed by atoms with Crippen molar-refractivity contribution in [2.45, 2.75) is 25.6 Å². The van der Waals surface area contributed by atoms with Crippen LogP contribution in [0.4, 0.5) is 5.82 Å². The molecule has 1 aliphatic heterocycles. The van der Waals surface area contributed by atoms with E-state index >= 15 is 0 Å². The predicted molar refractivity (Wildman–Crippen MR) is 94.6 cm³/mol. The molecule has 136 valence electrons. The van der Waals surface area contributed by atoms with Gasteiger partial charge in [-0.3, -0.25) is 4.79 Å². The molecule has 0 spiro atoms. The van der Waals surface area contributed by atoms with Crippen LogP contribution in [0, 0.1) is 0 Å². The van der Waals surface area contributed by atoms with E-state index in [9.17, 15) is 4.79 Å². The lowest BCUT2D eigenvalue weighted by molar-refractivity contribution is -0.139. The summed E-state index contributed by atoms with van der Waals surface area (Å²) in [5.41, 5.74) is 0.476. The molecule has 3 heterocycles. The van der Waals surface area contributed by atoms with Gasteiger partial charge in [0.05, 0.1) is 23.7 Å². The van der Waals surface area contributed by atoms with Crippen molar-refractivity contribution >= 4 is 22.8 Å². The second-order valence-corrected chi connectivity index (χ2v) is 7.12. The van der Waals surface area contributed by atoms with Gasteiger partial charge in [0.15, 0.2) is 0 Å². The van der Waals surface area contributed by atoms with Crippen LogP contribution in [0.25, 0.3) is 11.0 Å². The molecule has 1 amide bonds. The molecule has 3 rings (SSSR count). The van der Waals surface area contributed by atoms with Crippen LogP contribution in [0.2, 0.25) is 0 Å². The number of H-pyrrole nitrogens is 1. The van der Waals surface area contributed by atoms with Gasteiger partial charge in [-0.1, -0.05) is 0 Å². The maximum Gasteiger partial charge on any atom is 0.248 e. The lowest BCUT2D eigenvalue weighted by Crippen LogP contribution is -2.54. The van der Waals surface area contributed by atoms with Crippen molar-refractivity contribution in [3.63, 3.8) is 0 Å². The number of amides is 1. The molecule has 8 nitrogen and oxygen atoms in total. The molecule has 0 aliphatic carbocycles. The fourth-order valence-corrected chi connectivity index (χ4v) is 3.06. The Morgan fingerprint density at radius 1 is 1.48 bits per heavy atom. The Morgan fingerprint density at radius 3 is 3.04 bits per heavy atom. The fraction of sp³-hybridized carbons (Fsp3) is 0.588. The number of ether oxygens (including phenoxy) is 2. The van der Waals surface area contributed by atoms with Gasteiger partial charge in [-0.15, -0.1) is 0 Å². The van der Waals surface area contributed by atoms with Crippen molar-refractivity contribution in [1.82, 2.24) is 19.9 Å². The number of morpholine rings is 1. The predicted octanol–water partition coefficient (Wildman–Crippen LogP) is 1.05. The average Bonchev–Trinajstić information content (AvgIpc) is 3.01. The highest BCUT2D eigenvalue weighted by atomic mass is 16.5. The Morgan fingerprint density at radius 2 is 2.28 bits per heavy atom. The summed E-state index contributed by atoms with van der Waals surface area (Å²) < 4.78 is 11.7. The first-order valence-corrected chi connectivity index (χ1v) is 8.34. The molecule has 25 heavy (non-hydrogen) atoms. The fourth-order valence-electron chi connectivity index (χ4n) is 3.06. The third-order valence-electron chi connectivity index (χ3n) is 4.14. The van der Waals surface area contributed by atoms with E-state index in [1.807, 2.05) is 26.1 Å². The summed E-state index contributed by atoms with van der Waals surface area (Å²) in [6.45, 7) is 5.89. The number of anilines is 1. The molecule has 1 saturated heterocycles. The van der Waals surface area contributed by atoms with Crippen molar-refractivity contribution in [3.8, 4) is 0 Å². The van der Waals surface area contributed by atoms with E-state index in [-0.39, 0.29) is 24.2 Å². The van der Waals surface area contributed by atoms with Crippen LogP contribution in [0.3, 0.4) is 0 Å². The zero-order valence-electron chi connectivity index (χ0n) is 15.2. The van der Waals surface area contributed by atoms with Gasteiger partial charge in [0.2, 0.25) is 5.91 Å². The van der Waals surface area contributed by atoms with Gasteiger partial charge in [-0.2, -0.15) is 0 Å². The van der Waals surface area contributed by atoms with E-state index in [0.717, 1.165) is 23.4 Å². The molecular formula is C17H25N5O3. The normalized spacial score (nSPS) is 20.0. The molecule has 0 radical (unpaired) electrons. The second-order valence-electron chi connectivity index (χ2n) is 7.12. The first-order valence-electron chi connectivity index (χ1n) is 8.34. The van der Waals surface area contributed by atoms with Crippen molar-refractivity contribution in [1.29, 1.82) is 0 Å². The Balaban J connectivity index is 1.71. The molecule has 1 fully saturated rings. The Labute approximate surface area is 147 Å². The number of hydrogen-bond acceptors (Lipinski definition) is 6. The Bertz CT molecular complexity index is 743. The van der Waals surface area contributed by atoms with Gasteiger partial charge in [-0.25, -0.2) is 9.97 Å². The monoisotopic (exact) mass is 347 g/mol. The largest absolute Gasteiger partial charge is 0.369 e.